The van der Waals surface area contributed by atoms with E-state index < -0.39 is 28.6 Å². The Balaban J connectivity index is 1.91. The van der Waals surface area contributed by atoms with E-state index in [1.165, 1.54) is 12.1 Å². The fourth-order valence-electron chi connectivity index (χ4n) is 2.20. The van der Waals surface area contributed by atoms with E-state index in [1.807, 2.05) is 0 Å². The molecule has 2 aromatic carbocycles. The number of nitro benzene ring substituents is 1. The van der Waals surface area contributed by atoms with Gasteiger partial charge in [-0.3, -0.25) is 10.1 Å². The van der Waals surface area contributed by atoms with Gasteiger partial charge in [-0.25, -0.2) is 0 Å². The van der Waals surface area contributed by atoms with Gasteiger partial charge in [-0.1, -0.05) is 0 Å². The lowest BCUT2D eigenvalue weighted by Gasteiger charge is -2.31. The lowest BCUT2D eigenvalue weighted by atomic mass is 10.2. The fourth-order valence-corrected chi connectivity index (χ4v) is 2.20. The first-order chi connectivity index (χ1) is 12.6. The van der Waals surface area contributed by atoms with Crippen LogP contribution < -0.4 is 18.9 Å². The van der Waals surface area contributed by atoms with Crippen molar-refractivity contribution in [3.63, 3.8) is 0 Å². The lowest BCUT2D eigenvalue weighted by Crippen LogP contribution is -2.52. The van der Waals surface area contributed by atoms with Gasteiger partial charge in [0.15, 0.2) is 23.0 Å². The minimum Gasteiger partial charge on any atom is -0.490 e. The van der Waals surface area contributed by atoms with Crippen LogP contribution in [0, 0.1) is 10.1 Å². The molecule has 27 heavy (non-hydrogen) atoms. The molecule has 11 heteroatoms. The topological polar surface area (TPSA) is 80.1 Å². The number of hydrogen-bond donors (Lipinski definition) is 0. The largest absolute Gasteiger partial charge is 0.507 e. The van der Waals surface area contributed by atoms with Crippen molar-refractivity contribution in [2.24, 2.45) is 0 Å². The third kappa shape index (κ3) is 3.52. The van der Waals surface area contributed by atoms with Gasteiger partial charge in [-0.05, 0) is 25.1 Å². The van der Waals surface area contributed by atoms with Crippen molar-refractivity contribution in [1.29, 1.82) is 0 Å². The standard InChI is InChI=1S/C16H11F4NO6/c1-2-24-13-7-9(21(22)23)3-5-11(13)25-10-4-6-12-14(8-10)27-16(19,20)15(17,18)26-12/h3-8H,2H2,1H3. The number of fused-ring (bicyclic) bond motifs is 1. The third-order valence-electron chi connectivity index (χ3n) is 3.40. The van der Waals surface area contributed by atoms with Gasteiger partial charge in [-0.15, -0.1) is 0 Å². The van der Waals surface area contributed by atoms with Crippen molar-refractivity contribution in [3.8, 4) is 28.7 Å². The maximum absolute atomic E-state index is 13.3. The highest BCUT2D eigenvalue weighted by Crippen LogP contribution is 2.48. The molecule has 0 unspecified atom stereocenters. The van der Waals surface area contributed by atoms with Crippen LogP contribution >= 0.6 is 0 Å². The number of benzene rings is 2. The maximum atomic E-state index is 13.3. The number of ether oxygens (including phenoxy) is 4. The minimum atomic E-state index is -4.86. The molecule has 1 aliphatic rings. The van der Waals surface area contributed by atoms with Crippen molar-refractivity contribution in [2.75, 3.05) is 6.61 Å². The fraction of sp³-hybridized carbons (Fsp3) is 0.250. The van der Waals surface area contributed by atoms with Gasteiger partial charge in [0.25, 0.3) is 5.69 Å². The number of rotatable bonds is 5. The highest BCUT2D eigenvalue weighted by molar-refractivity contribution is 5.52. The summed E-state index contributed by atoms with van der Waals surface area (Å²) in [6.45, 7) is 1.83. The van der Waals surface area contributed by atoms with Gasteiger partial charge in [0.2, 0.25) is 0 Å². The van der Waals surface area contributed by atoms with Crippen LogP contribution in [0.2, 0.25) is 0 Å². The molecule has 1 heterocycles. The second kappa shape index (κ2) is 6.49. The Labute approximate surface area is 149 Å². The van der Waals surface area contributed by atoms with Crippen LogP contribution in [-0.4, -0.2) is 23.7 Å². The Hall–Kier alpha value is -3.24. The van der Waals surface area contributed by atoms with Crippen molar-refractivity contribution >= 4 is 5.69 Å². The van der Waals surface area contributed by atoms with E-state index in [2.05, 4.69) is 9.47 Å². The minimum absolute atomic E-state index is 0.0402. The van der Waals surface area contributed by atoms with Crippen LogP contribution in [0.4, 0.5) is 23.2 Å². The second-order valence-corrected chi connectivity index (χ2v) is 5.27. The Morgan fingerprint density at radius 3 is 2.30 bits per heavy atom. The maximum Gasteiger partial charge on any atom is 0.507 e. The normalized spacial score (nSPS) is 16.5. The van der Waals surface area contributed by atoms with E-state index >= 15 is 0 Å². The summed E-state index contributed by atoms with van der Waals surface area (Å²) in [7, 11) is 0. The van der Waals surface area contributed by atoms with Crippen molar-refractivity contribution in [1.82, 2.24) is 0 Å². The summed E-state index contributed by atoms with van der Waals surface area (Å²) in [4.78, 5) is 10.2. The zero-order valence-corrected chi connectivity index (χ0v) is 13.6. The van der Waals surface area contributed by atoms with Gasteiger partial charge in [0, 0.05) is 12.1 Å². The molecule has 0 aromatic heterocycles. The SMILES string of the molecule is CCOc1cc([N+](=O)[O-])ccc1Oc1ccc2c(c1)OC(F)(F)C(F)(F)O2. The molecular weight excluding hydrogens is 378 g/mol. The molecule has 0 N–H and O–H groups in total. The summed E-state index contributed by atoms with van der Waals surface area (Å²) in [6.07, 6.45) is -9.68. The molecule has 0 bridgehead atoms. The molecule has 0 atom stereocenters. The first-order valence-electron chi connectivity index (χ1n) is 7.50. The molecule has 0 spiro atoms. The van der Waals surface area contributed by atoms with Gasteiger partial charge < -0.3 is 18.9 Å². The number of hydrogen-bond acceptors (Lipinski definition) is 6. The third-order valence-corrected chi connectivity index (χ3v) is 3.40. The van der Waals surface area contributed by atoms with Gasteiger partial charge in [0.05, 0.1) is 17.6 Å². The molecule has 3 rings (SSSR count). The van der Waals surface area contributed by atoms with Crippen LogP contribution in [0.1, 0.15) is 6.92 Å². The van der Waals surface area contributed by atoms with Crippen molar-refractivity contribution < 1.29 is 41.4 Å². The Kier molecular flexibility index (Phi) is 4.46. The average molecular weight is 389 g/mol. The molecule has 0 fully saturated rings. The Bertz CT molecular complexity index is 889. The summed E-state index contributed by atoms with van der Waals surface area (Å²) in [5.74, 6) is -1.21. The predicted molar refractivity (Wildman–Crippen MR) is 81.9 cm³/mol. The predicted octanol–water partition coefficient (Wildman–Crippen LogP) is 4.74. The number of halogens is 4. The van der Waals surface area contributed by atoms with Gasteiger partial charge in [0.1, 0.15) is 5.75 Å². The smallest absolute Gasteiger partial charge is 0.490 e. The molecule has 0 saturated carbocycles. The summed E-state index contributed by atoms with van der Waals surface area (Å²) in [5, 5.41) is 10.8. The Morgan fingerprint density at radius 1 is 1.00 bits per heavy atom. The molecule has 0 amide bonds. The van der Waals surface area contributed by atoms with E-state index in [1.54, 1.807) is 6.92 Å². The van der Waals surface area contributed by atoms with Crippen LogP contribution in [0.3, 0.4) is 0 Å². The molecular formula is C16H11F4NO6. The van der Waals surface area contributed by atoms with Crippen LogP contribution in [-0.2, 0) is 0 Å². The van der Waals surface area contributed by atoms with Crippen molar-refractivity contribution in [2.45, 2.75) is 19.1 Å². The van der Waals surface area contributed by atoms with Crippen LogP contribution in [0.5, 0.6) is 28.7 Å². The highest BCUT2D eigenvalue weighted by atomic mass is 19.3. The first kappa shape index (κ1) is 18.5. The summed E-state index contributed by atoms with van der Waals surface area (Å²) in [5.41, 5.74) is -0.241. The average Bonchev–Trinajstić information content (AvgIpc) is 2.57. The molecule has 2 aromatic rings. The van der Waals surface area contributed by atoms with E-state index in [-0.39, 0.29) is 29.5 Å². The van der Waals surface area contributed by atoms with Gasteiger partial charge >= 0.3 is 12.2 Å². The summed E-state index contributed by atoms with van der Waals surface area (Å²) < 4.78 is 71.6. The molecule has 7 nitrogen and oxygen atoms in total. The molecule has 0 saturated heterocycles. The quantitative estimate of drug-likeness (QED) is 0.417. The second-order valence-electron chi connectivity index (χ2n) is 5.27. The zero-order valence-electron chi connectivity index (χ0n) is 13.6. The van der Waals surface area contributed by atoms with Crippen LogP contribution in [0.15, 0.2) is 36.4 Å². The van der Waals surface area contributed by atoms with E-state index in [0.717, 1.165) is 24.3 Å². The van der Waals surface area contributed by atoms with E-state index in [0.29, 0.717) is 0 Å². The molecule has 144 valence electrons. The molecule has 0 radical (unpaired) electrons. The number of alkyl halides is 4. The monoisotopic (exact) mass is 389 g/mol. The highest BCUT2D eigenvalue weighted by Gasteiger charge is 2.65. The zero-order chi connectivity index (χ0) is 19.8. The number of nitro groups is 1. The number of nitrogens with zero attached hydrogens (tertiary/aromatic N) is 1. The van der Waals surface area contributed by atoms with Gasteiger partial charge in [-0.2, -0.15) is 17.6 Å². The van der Waals surface area contributed by atoms with E-state index in [4.69, 9.17) is 9.47 Å². The molecule has 0 aliphatic carbocycles. The lowest BCUT2D eigenvalue weighted by molar-refractivity contribution is -0.391. The van der Waals surface area contributed by atoms with E-state index in [9.17, 15) is 27.7 Å². The summed E-state index contributed by atoms with van der Waals surface area (Å²) >= 11 is 0. The Morgan fingerprint density at radius 2 is 1.67 bits per heavy atom. The van der Waals surface area contributed by atoms with Crippen molar-refractivity contribution in [3.05, 3.63) is 46.5 Å². The van der Waals surface area contributed by atoms with Crippen LogP contribution in [0.25, 0.3) is 0 Å². The number of non-ortho nitro benzene ring substituents is 1. The molecule has 1 aliphatic heterocycles. The first-order valence-corrected chi connectivity index (χ1v) is 7.50. The summed E-state index contributed by atoms with van der Waals surface area (Å²) in [6, 6.07) is 6.62.